The minimum absolute atomic E-state index is 0.152. The van der Waals surface area contributed by atoms with Crippen LogP contribution in [0, 0.1) is 18.2 Å². The predicted molar refractivity (Wildman–Crippen MR) is 105 cm³/mol. The number of hydrogen-bond donors (Lipinski definition) is 2. The quantitative estimate of drug-likeness (QED) is 0.833. The van der Waals surface area contributed by atoms with Crippen LogP contribution in [0.15, 0.2) is 18.2 Å². The second-order valence-corrected chi connectivity index (χ2v) is 8.92. The molecule has 0 aromatic heterocycles. The van der Waals surface area contributed by atoms with E-state index in [2.05, 4.69) is 5.32 Å². The number of fused-ring (bicyclic) bond motifs is 1. The molecule has 6 heteroatoms. The van der Waals surface area contributed by atoms with Crippen LogP contribution < -0.4 is 5.32 Å². The van der Waals surface area contributed by atoms with Crippen molar-refractivity contribution in [3.05, 3.63) is 35.1 Å². The Morgan fingerprint density at radius 3 is 2.68 bits per heavy atom. The van der Waals surface area contributed by atoms with E-state index < -0.39 is 16.8 Å². The van der Waals surface area contributed by atoms with E-state index in [1.165, 1.54) is 13.0 Å². The van der Waals surface area contributed by atoms with Gasteiger partial charge in [0.15, 0.2) is 0 Å². The lowest BCUT2D eigenvalue weighted by Gasteiger charge is -2.43. The highest BCUT2D eigenvalue weighted by molar-refractivity contribution is 5.95. The molecule has 0 bridgehead atoms. The van der Waals surface area contributed by atoms with Crippen LogP contribution in [0.25, 0.3) is 0 Å². The smallest absolute Gasteiger partial charge is 0.254 e. The highest BCUT2D eigenvalue weighted by Gasteiger charge is 2.59. The van der Waals surface area contributed by atoms with Crippen LogP contribution in [-0.2, 0) is 4.79 Å². The van der Waals surface area contributed by atoms with E-state index in [9.17, 15) is 19.1 Å². The maximum Gasteiger partial charge on any atom is 0.254 e. The summed E-state index contributed by atoms with van der Waals surface area (Å²) in [5, 5.41) is 14.1. The third kappa shape index (κ3) is 3.54. The van der Waals surface area contributed by atoms with E-state index in [1.807, 2.05) is 13.8 Å². The first kappa shape index (κ1) is 20.8. The summed E-state index contributed by atoms with van der Waals surface area (Å²) in [6, 6.07) is 4.17. The summed E-state index contributed by atoms with van der Waals surface area (Å²) >= 11 is 0. The largest absolute Gasteiger partial charge is 0.390 e. The normalized spacial score (nSPS) is 32.6. The molecule has 0 unspecified atom stereocenters. The summed E-state index contributed by atoms with van der Waals surface area (Å²) in [5.74, 6) is -0.794. The number of likely N-dealkylation sites (tertiary alicyclic amines) is 1. The van der Waals surface area contributed by atoms with E-state index in [4.69, 9.17) is 0 Å². The highest BCUT2D eigenvalue weighted by Crippen LogP contribution is 2.53. The Kier molecular flexibility index (Phi) is 5.54. The number of benzene rings is 1. The Bertz CT molecular complexity index is 779. The zero-order valence-corrected chi connectivity index (χ0v) is 17.2. The minimum Gasteiger partial charge on any atom is -0.390 e. The highest BCUT2D eigenvalue weighted by atomic mass is 19.1. The molecular formula is C22H31FN2O3. The number of aliphatic hydroxyl groups is 1. The topological polar surface area (TPSA) is 69.6 Å². The molecule has 2 fully saturated rings. The summed E-state index contributed by atoms with van der Waals surface area (Å²) in [6.45, 7) is 7.36. The van der Waals surface area contributed by atoms with Crippen molar-refractivity contribution in [3.8, 4) is 0 Å². The van der Waals surface area contributed by atoms with Gasteiger partial charge in [-0.3, -0.25) is 9.59 Å². The Labute approximate surface area is 166 Å². The molecule has 1 aromatic carbocycles. The number of nitrogens with one attached hydrogen (secondary N) is 1. The average molecular weight is 390 g/mol. The fraction of sp³-hybridized carbons (Fsp3) is 0.636. The monoisotopic (exact) mass is 390 g/mol. The average Bonchev–Trinajstić information content (AvgIpc) is 2.86. The Balaban J connectivity index is 2.01. The van der Waals surface area contributed by atoms with Crippen molar-refractivity contribution in [2.75, 3.05) is 6.54 Å². The van der Waals surface area contributed by atoms with Crippen LogP contribution in [0.4, 0.5) is 4.39 Å². The van der Waals surface area contributed by atoms with Gasteiger partial charge in [0.05, 0.1) is 11.6 Å². The first-order valence-electron chi connectivity index (χ1n) is 10.1. The van der Waals surface area contributed by atoms with E-state index >= 15 is 0 Å². The molecular weight excluding hydrogens is 359 g/mol. The zero-order chi connectivity index (χ0) is 20.7. The van der Waals surface area contributed by atoms with Gasteiger partial charge in [-0.05, 0) is 50.8 Å². The number of amides is 2. The van der Waals surface area contributed by atoms with E-state index in [0.29, 0.717) is 30.5 Å². The number of carbonyl (C=O) groups excluding carboxylic acids is 2. The van der Waals surface area contributed by atoms with E-state index in [-0.39, 0.29) is 23.9 Å². The SMILES string of the molecule is CC(=O)NC[C@H]1C[C@]2(C)[C@@H](CCCC[C@]2(C)O)N1C(=O)c1ccc(C)c(F)c1. The molecule has 0 radical (unpaired) electrons. The number of carbonyl (C=O) groups is 2. The molecule has 1 saturated carbocycles. The van der Waals surface area contributed by atoms with Crippen molar-refractivity contribution in [1.29, 1.82) is 0 Å². The number of hydrogen-bond acceptors (Lipinski definition) is 3. The third-order valence-corrected chi connectivity index (χ3v) is 6.99. The van der Waals surface area contributed by atoms with Crippen molar-refractivity contribution in [2.45, 2.75) is 77.5 Å². The number of aryl methyl sites for hydroxylation is 1. The van der Waals surface area contributed by atoms with Crippen LogP contribution in [-0.4, -0.2) is 46.1 Å². The lowest BCUT2D eigenvalue weighted by Crippen LogP contribution is -2.52. The van der Waals surface area contributed by atoms with Gasteiger partial charge in [-0.15, -0.1) is 0 Å². The Hall–Kier alpha value is -1.95. The summed E-state index contributed by atoms with van der Waals surface area (Å²) in [4.78, 5) is 26.7. The van der Waals surface area contributed by atoms with Gasteiger partial charge in [-0.25, -0.2) is 4.39 Å². The fourth-order valence-corrected chi connectivity index (χ4v) is 5.03. The van der Waals surface area contributed by atoms with Crippen molar-refractivity contribution in [3.63, 3.8) is 0 Å². The third-order valence-electron chi connectivity index (χ3n) is 6.99. The van der Waals surface area contributed by atoms with E-state index in [0.717, 1.165) is 19.3 Å². The van der Waals surface area contributed by atoms with Gasteiger partial charge in [-0.1, -0.05) is 25.8 Å². The summed E-state index contributed by atoms with van der Waals surface area (Å²) in [7, 11) is 0. The van der Waals surface area contributed by atoms with Gasteiger partial charge in [0.2, 0.25) is 5.91 Å². The second-order valence-electron chi connectivity index (χ2n) is 8.92. The van der Waals surface area contributed by atoms with Gasteiger partial charge < -0.3 is 15.3 Å². The van der Waals surface area contributed by atoms with Crippen LogP contribution >= 0.6 is 0 Å². The van der Waals surface area contributed by atoms with Crippen molar-refractivity contribution >= 4 is 11.8 Å². The molecule has 154 valence electrons. The van der Waals surface area contributed by atoms with Gasteiger partial charge >= 0.3 is 0 Å². The molecule has 1 aliphatic heterocycles. The van der Waals surface area contributed by atoms with Crippen molar-refractivity contribution in [2.24, 2.45) is 5.41 Å². The minimum atomic E-state index is -0.907. The molecule has 1 aliphatic carbocycles. The first-order chi connectivity index (χ1) is 13.1. The molecule has 2 aliphatic rings. The lowest BCUT2D eigenvalue weighted by atomic mass is 9.67. The molecule has 2 amide bonds. The van der Waals surface area contributed by atoms with Gasteiger partial charge in [0.1, 0.15) is 5.82 Å². The Morgan fingerprint density at radius 2 is 2.04 bits per heavy atom. The molecule has 3 rings (SSSR count). The van der Waals surface area contributed by atoms with Gasteiger partial charge in [-0.2, -0.15) is 0 Å². The van der Waals surface area contributed by atoms with Crippen LogP contribution in [0.2, 0.25) is 0 Å². The summed E-state index contributed by atoms with van der Waals surface area (Å²) < 4.78 is 14.1. The molecule has 1 heterocycles. The molecule has 0 spiro atoms. The first-order valence-corrected chi connectivity index (χ1v) is 10.1. The number of rotatable bonds is 3. The number of nitrogens with zero attached hydrogens (tertiary/aromatic N) is 1. The molecule has 5 nitrogen and oxygen atoms in total. The standard InChI is InChI=1S/C22H31FN2O3/c1-14-8-9-16(11-18(14)23)20(27)25-17(13-24-15(2)26)12-21(3)19(25)7-5-6-10-22(21,4)28/h8-9,11,17,19,28H,5-7,10,12-13H2,1-4H3,(H,24,26)/t17-,19-,21-,22+/m1/s1. The zero-order valence-electron chi connectivity index (χ0n) is 17.2. The molecule has 28 heavy (non-hydrogen) atoms. The molecule has 4 atom stereocenters. The maximum absolute atomic E-state index is 14.1. The van der Waals surface area contributed by atoms with Crippen molar-refractivity contribution in [1.82, 2.24) is 10.2 Å². The number of halogens is 1. The Morgan fingerprint density at radius 1 is 1.32 bits per heavy atom. The van der Waals surface area contributed by atoms with Gasteiger partial charge in [0, 0.05) is 30.5 Å². The van der Waals surface area contributed by atoms with Gasteiger partial charge in [0.25, 0.3) is 5.91 Å². The molecule has 1 saturated heterocycles. The van der Waals surface area contributed by atoms with Crippen LogP contribution in [0.1, 0.15) is 68.8 Å². The van der Waals surface area contributed by atoms with E-state index in [1.54, 1.807) is 24.0 Å². The summed E-state index contributed by atoms with van der Waals surface area (Å²) in [6.07, 6.45) is 3.92. The van der Waals surface area contributed by atoms with Crippen LogP contribution in [0.5, 0.6) is 0 Å². The molecule has 1 aromatic rings. The van der Waals surface area contributed by atoms with Crippen LogP contribution in [0.3, 0.4) is 0 Å². The predicted octanol–water partition coefficient (Wildman–Crippen LogP) is 3.18. The fourth-order valence-electron chi connectivity index (χ4n) is 5.03. The van der Waals surface area contributed by atoms with Crippen molar-refractivity contribution < 1.29 is 19.1 Å². The molecule has 2 N–H and O–H groups in total. The second kappa shape index (κ2) is 7.47. The summed E-state index contributed by atoms with van der Waals surface area (Å²) in [5.41, 5.74) is -0.582. The maximum atomic E-state index is 14.1. The lowest BCUT2D eigenvalue weighted by molar-refractivity contribution is -0.119.